The van der Waals surface area contributed by atoms with Crippen LogP contribution >= 0.6 is 15.9 Å². The van der Waals surface area contributed by atoms with Crippen molar-refractivity contribution in [2.45, 2.75) is 11.8 Å². The lowest BCUT2D eigenvalue weighted by Gasteiger charge is -2.15. The molecule has 0 spiro atoms. The zero-order valence-corrected chi connectivity index (χ0v) is 11.5. The quantitative estimate of drug-likeness (QED) is 0.898. The van der Waals surface area contributed by atoms with Crippen molar-refractivity contribution in [3.8, 4) is 0 Å². The maximum Gasteiger partial charge on any atom is 0.331 e. The number of aryl methyl sites for hydroxylation is 1. The Labute approximate surface area is 108 Å². The molecule has 2 amide bonds. The van der Waals surface area contributed by atoms with Gasteiger partial charge in [0.1, 0.15) is 0 Å². The average Bonchev–Trinajstić information content (AvgIpc) is 2.69. The molecule has 1 aliphatic rings. The summed E-state index contributed by atoms with van der Waals surface area (Å²) in [6.07, 6.45) is 0. The van der Waals surface area contributed by atoms with Crippen molar-refractivity contribution in [3.05, 3.63) is 28.2 Å². The molecule has 1 heterocycles. The Kier molecular flexibility index (Phi) is 3.13. The highest BCUT2D eigenvalue weighted by Crippen LogP contribution is 2.23. The van der Waals surface area contributed by atoms with Crippen LogP contribution in [0.4, 0.5) is 4.79 Å². The van der Waals surface area contributed by atoms with Crippen molar-refractivity contribution in [2.24, 2.45) is 0 Å². The van der Waals surface area contributed by atoms with Gasteiger partial charge in [-0.3, -0.25) is 0 Å². The second-order valence-electron chi connectivity index (χ2n) is 3.72. The molecule has 0 unspecified atom stereocenters. The van der Waals surface area contributed by atoms with E-state index in [-0.39, 0.29) is 11.4 Å². The van der Waals surface area contributed by atoms with Gasteiger partial charge in [0.25, 0.3) is 10.0 Å². The van der Waals surface area contributed by atoms with Crippen molar-refractivity contribution in [1.82, 2.24) is 9.62 Å². The van der Waals surface area contributed by atoms with Gasteiger partial charge in [-0.15, -0.1) is 0 Å². The lowest BCUT2D eigenvalue weighted by molar-refractivity contribution is 0.236. The Morgan fingerprint density at radius 2 is 2.12 bits per heavy atom. The molecular weight excluding hydrogens is 308 g/mol. The first-order valence-corrected chi connectivity index (χ1v) is 7.23. The number of halogens is 1. The molecule has 7 heteroatoms. The third-order valence-corrected chi connectivity index (χ3v) is 5.20. The predicted octanol–water partition coefficient (Wildman–Crippen LogP) is 1.47. The standard InChI is InChI=1S/C10H11BrN2O3S/c1-7-6-8(2-3-9(7)11)17(15,16)13-5-4-12-10(13)14/h2-3,6H,4-5H2,1H3,(H,12,14). The van der Waals surface area contributed by atoms with Crippen molar-refractivity contribution < 1.29 is 13.2 Å². The summed E-state index contributed by atoms with van der Waals surface area (Å²) >= 11 is 3.30. The fraction of sp³-hybridized carbons (Fsp3) is 0.300. The van der Waals surface area contributed by atoms with Crippen LogP contribution in [-0.4, -0.2) is 31.8 Å². The van der Waals surface area contributed by atoms with Crippen molar-refractivity contribution in [1.29, 1.82) is 0 Å². The normalized spacial score (nSPS) is 16.1. The van der Waals surface area contributed by atoms with Gasteiger partial charge in [0.2, 0.25) is 0 Å². The van der Waals surface area contributed by atoms with Gasteiger partial charge in [-0.2, -0.15) is 0 Å². The van der Waals surface area contributed by atoms with Crippen LogP contribution in [0.2, 0.25) is 0 Å². The van der Waals surface area contributed by atoms with Crippen LogP contribution in [-0.2, 0) is 10.0 Å². The summed E-state index contributed by atoms with van der Waals surface area (Å²) in [4.78, 5) is 11.5. The van der Waals surface area contributed by atoms with Gasteiger partial charge in [0.15, 0.2) is 0 Å². The number of nitrogens with zero attached hydrogens (tertiary/aromatic N) is 1. The van der Waals surface area contributed by atoms with Crippen LogP contribution in [0.5, 0.6) is 0 Å². The van der Waals surface area contributed by atoms with Gasteiger partial charge in [-0.25, -0.2) is 17.5 Å². The number of urea groups is 1. The monoisotopic (exact) mass is 318 g/mol. The van der Waals surface area contributed by atoms with Gasteiger partial charge < -0.3 is 5.32 Å². The van der Waals surface area contributed by atoms with Crippen molar-refractivity contribution >= 4 is 32.0 Å². The summed E-state index contributed by atoms with van der Waals surface area (Å²) in [5.41, 5.74) is 0.811. The molecule has 0 bridgehead atoms. The second-order valence-corrected chi connectivity index (χ2v) is 6.44. The Hall–Kier alpha value is -1.08. The van der Waals surface area contributed by atoms with Crippen LogP contribution in [0.25, 0.3) is 0 Å². The molecule has 92 valence electrons. The molecule has 1 aliphatic heterocycles. The Bertz CT molecular complexity index is 571. The number of hydrogen-bond donors (Lipinski definition) is 1. The molecule has 0 radical (unpaired) electrons. The van der Waals surface area contributed by atoms with E-state index in [2.05, 4.69) is 21.2 Å². The first kappa shape index (κ1) is 12.4. The molecule has 1 N–H and O–H groups in total. The lowest BCUT2D eigenvalue weighted by Crippen LogP contribution is -2.34. The zero-order valence-electron chi connectivity index (χ0n) is 9.10. The fourth-order valence-corrected chi connectivity index (χ4v) is 3.27. The zero-order chi connectivity index (χ0) is 12.6. The summed E-state index contributed by atoms with van der Waals surface area (Å²) in [6.45, 7) is 2.33. The smallest absolute Gasteiger partial charge is 0.331 e. The summed E-state index contributed by atoms with van der Waals surface area (Å²) in [5, 5.41) is 2.47. The van der Waals surface area contributed by atoms with Crippen LogP contribution in [0.3, 0.4) is 0 Å². The van der Waals surface area contributed by atoms with Gasteiger partial charge in [-0.05, 0) is 30.7 Å². The maximum absolute atomic E-state index is 12.2. The summed E-state index contributed by atoms with van der Waals surface area (Å²) in [7, 11) is -3.73. The molecule has 0 saturated carbocycles. The molecule has 17 heavy (non-hydrogen) atoms. The molecule has 0 aromatic heterocycles. The van der Waals surface area contributed by atoms with E-state index >= 15 is 0 Å². The van der Waals surface area contributed by atoms with E-state index < -0.39 is 16.1 Å². The van der Waals surface area contributed by atoms with Crippen molar-refractivity contribution in [2.75, 3.05) is 13.1 Å². The number of amides is 2. The van der Waals surface area contributed by atoms with E-state index in [1.54, 1.807) is 19.1 Å². The van der Waals surface area contributed by atoms with E-state index in [1.165, 1.54) is 6.07 Å². The van der Waals surface area contributed by atoms with Crippen LogP contribution in [0.15, 0.2) is 27.6 Å². The lowest BCUT2D eigenvalue weighted by atomic mass is 10.2. The molecule has 2 rings (SSSR count). The topological polar surface area (TPSA) is 66.5 Å². The molecule has 1 aromatic rings. The molecule has 5 nitrogen and oxygen atoms in total. The van der Waals surface area contributed by atoms with E-state index in [0.717, 1.165) is 14.3 Å². The molecule has 1 aromatic carbocycles. The van der Waals surface area contributed by atoms with Crippen LogP contribution in [0.1, 0.15) is 5.56 Å². The summed E-state index contributed by atoms with van der Waals surface area (Å²) < 4.78 is 26.0. The van der Waals surface area contributed by atoms with Gasteiger partial charge in [-0.1, -0.05) is 15.9 Å². The highest BCUT2D eigenvalue weighted by molar-refractivity contribution is 9.10. The minimum Gasteiger partial charge on any atom is -0.335 e. The number of carbonyl (C=O) groups excluding carboxylic acids is 1. The van der Waals surface area contributed by atoms with Gasteiger partial charge in [0.05, 0.1) is 11.4 Å². The first-order valence-electron chi connectivity index (χ1n) is 4.99. The summed E-state index contributed by atoms with van der Waals surface area (Å²) in [5.74, 6) is 0. The first-order chi connectivity index (χ1) is 7.93. The van der Waals surface area contributed by atoms with E-state index in [9.17, 15) is 13.2 Å². The maximum atomic E-state index is 12.2. The van der Waals surface area contributed by atoms with Gasteiger partial charge >= 0.3 is 6.03 Å². The molecule has 0 aliphatic carbocycles. The number of hydrogen-bond acceptors (Lipinski definition) is 3. The van der Waals surface area contributed by atoms with Crippen molar-refractivity contribution in [3.63, 3.8) is 0 Å². The SMILES string of the molecule is Cc1cc(S(=O)(=O)N2CCNC2=O)ccc1Br. The predicted molar refractivity (Wildman–Crippen MR) is 66.2 cm³/mol. The van der Waals surface area contributed by atoms with E-state index in [1.807, 2.05) is 0 Å². The fourth-order valence-electron chi connectivity index (χ4n) is 1.59. The average molecular weight is 319 g/mol. The Morgan fingerprint density at radius 3 is 2.65 bits per heavy atom. The third kappa shape index (κ3) is 2.16. The summed E-state index contributed by atoms with van der Waals surface area (Å²) in [6, 6.07) is 4.13. The van der Waals surface area contributed by atoms with E-state index in [4.69, 9.17) is 0 Å². The number of rotatable bonds is 2. The molecule has 1 fully saturated rings. The Balaban J connectivity index is 2.44. The second kappa shape index (κ2) is 4.30. The third-order valence-electron chi connectivity index (χ3n) is 2.54. The number of benzene rings is 1. The number of sulfonamides is 1. The minimum atomic E-state index is -3.73. The van der Waals surface area contributed by atoms with E-state index in [0.29, 0.717) is 6.54 Å². The Morgan fingerprint density at radius 1 is 1.41 bits per heavy atom. The molecule has 0 atom stereocenters. The van der Waals surface area contributed by atoms with Crippen LogP contribution < -0.4 is 5.32 Å². The minimum absolute atomic E-state index is 0.134. The molecular formula is C10H11BrN2O3S. The van der Waals surface area contributed by atoms with Gasteiger partial charge in [0, 0.05) is 11.0 Å². The molecule has 1 saturated heterocycles. The number of nitrogens with one attached hydrogen (secondary N) is 1. The van der Waals surface area contributed by atoms with Crippen LogP contribution in [0, 0.1) is 6.92 Å². The highest BCUT2D eigenvalue weighted by atomic mass is 79.9. The largest absolute Gasteiger partial charge is 0.335 e. The highest BCUT2D eigenvalue weighted by Gasteiger charge is 2.32. The number of carbonyl (C=O) groups is 1.